The molecule has 0 aromatic heterocycles. The van der Waals surface area contributed by atoms with Gasteiger partial charge >= 0.3 is 0 Å². The Morgan fingerprint density at radius 3 is 2.57 bits per heavy atom. The fraction of sp³-hybridized carbons (Fsp3) is 0.462. The highest BCUT2D eigenvalue weighted by molar-refractivity contribution is 7.89. The van der Waals surface area contributed by atoms with Crippen LogP contribution in [0.15, 0.2) is 23.1 Å². The van der Waals surface area contributed by atoms with Crippen LogP contribution in [0.4, 0.5) is 5.69 Å². The van der Waals surface area contributed by atoms with Crippen molar-refractivity contribution in [3.8, 4) is 5.75 Å². The normalized spacial score (nSPS) is 23.1. The molecule has 116 valence electrons. The Morgan fingerprint density at radius 1 is 1.43 bits per heavy atom. The number of primary amides is 1. The Kier molecular flexibility index (Phi) is 3.85. The predicted octanol–water partition coefficient (Wildman–Crippen LogP) is 0.163. The standard InChI is InChI=1S/C13H19N3O4S/c1-13(12(15)17)5-6-16(8-13)21(18,19)9-3-4-11(20-2)10(14)7-9/h3-4,7H,5-6,8,14H2,1-2H3,(H2,15,17). The molecule has 1 aliphatic heterocycles. The van der Waals surface area contributed by atoms with Crippen LogP contribution < -0.4 is 16.2 Å². The summed E-state index contributed by atoms with van der Waals surface area (Å²) in [6.45, 7) is 2.01. The number of hydrogen-bond acceptors (Lipinski definition) is 5. The first-order valence-electron chi connectivity index (χ1n) is 6.44. The Balaban J connectivity index is 2.32. The summed E-state index contributed by atoms with van der Waals surface area (Å²) < 4.78 is 31.4. The van der Waals surface area contributed by atoms with Gasteiger partial charge in [-0.1, -0.05) is 0 Å². The first-order valence-corrected chi connectivity index (χ1v) is 7.88. The van der Waals surface area contributed by atoms with E-state index >= 15 is 0 Å². The molecular weight excluding hydrogens is 294 g/mol. The molecule has 1 saturated heterocycles. The molecule has 0 radical (unpaired) electrons. The van der Waals surface area contributed by atoms with Crippen LogP contribution in [0.2, 0.25) is 0 Å². The molecule has 2 rings (SSSR count). The zero-order chi connectivity index (χ0) is 15.8. The van der Waals surface area contributed by atoms with Crippen LogP contribution in [0.5, 0.6) is 5.75 Å². The number of ether oxygens (including phenoxy) is 1. The summed E-state index contributed by atoms with van der Waals surface area (Å²) in [6, 6.07) is 4.30. The number of carbonyl (C=O) groups excluding carboxylic acids is 1. The maximum absolute atomic E-state index is 12.6. The molecule has 7 nitrogen and oxygen atoms in total. The van der Waals surface area contributed by atoms with Gasteiger partial charge in [0.2, 0.25) is 15.9 Å². The number of sulfonamides is 1. The second kappa shape index (κ2) is 5.19. The van der Waals surface area contributed by atoms with Crippen LogP contribution in [0.3, 0.4) is 0 Å². The van der Waals surface area contributed by atoms with Crippen LogP contribution in [0.25, 0.3) is 0 Å². The van der Waals surface area contributed by atoms with Crippen molar-refractivity contribution in [3.63, 3.8) is 0 Å². The molecule has 1 aliphatic rings. The average molecular weight is 313 g/mol. The van der Waals surface area contributed by atoms with Gasteiger partial charge in [0.05, 0.1) is 23.1 Å². The molecule has 0 saturated carbocycles. The van der Waals surface area contributed by atoms with E-state index in [1.807, 2.05) is 0 Å². The monoisotopic (exact) mass is 313 g/mol. The molecule has 8 heteroatoms. The quantitative estimate of drug-likeness (QED) is 0.768. The number of hydrogen-bond donors (Lipinski definition) is 2. The second-order valence-electron chi connectivity index (χ2n) is 5.42. The third kappa shape index (κ3) is 2.68. The highest BCUT2D eigenvalue weighted by atomic mass is 32.2. The lowest BCUT2D eigenvalue weighted by atomic mass is 9.89. The smallest absolute Gasteiger partial charge is 0.243 e. The van der Waals surface area contributed by atoms with Crippen molar-refractivity contribution in [2.75, 3.05) is 25.9 Å². The van der Waals surface area contributed by atoms with Crippen molar-refractivity contribution in [2.24, 2.45) is 11.1 Å². The number of nitrogens with zero attached hydrogens (tertiary/aromatic N) is 1. The molecule has 0 aliphatic carbocycles. The molecule has 1 heterocycles. The maximum Gasteiger partial charge on any atom is 0.243 e. The van der Waals surface area contributed by atoms with E-state index in [9.17, 15) is 13.2 Å². The van der Waals surface area contributed by atoms with Gasteiger partial charge in [-0.25, -0.2) is 8.42 Å². The fourth-order valence-corrected chi connectivity index (χ4v) is 3.95. The van der Waals surface area contributed by atoms with Gasteiger partial charge in [-0.2, -0.15) is 4.31 Å². The molecule has 1 aromatic rings. The number of methoxy groups -OCH3 is 1. The highest BCUT2D eigenvalue weighted by Crippen LogP contribution is 2.34. The summed E-state index contributed by atoms with van der Waals surface area (Å²) in [5.41, 5.74) is 10.5. The molecule has 1 fully saturated rings. The van der Waals surface area contributed by atoms with E-state index in [4.69, 9.17) is 16.2 Å². The first kappa shape index (κ1) is 15.6. The summed E-state index contributed by atoms with van der Waals surface area (Å²) in [4.78, 5) is 11.5. The fourth-order valence-electron chi connectivity index (χ4n) is 2.35. The summed E-state index contributed by atoms with van der Waals surface area (Å²) in [6.07, 6.45) is 0.410. The highest BCUT2D eigenvalue weighted by Gasteiger charge is 2.43. The van der Waals surface area contributed by atoms with Crippen LogP contribution in [-0.4, -0.2) is 38.8 Å². The van der Waals surface area contributed by atoms with Crippen LogP contribution in [0, 0.1) is 5.41 Å². The zero-order valence-corrected chi connectivity index (χ0v) is 12.8. The summed E-state index contributed by atoms with van der Waals surface area (Å²) in [5, 5.41) is 0. The summed E-state index contributed by atoms with van der Waals surface area (Å²) >= 11 is 0. The molecule has 4 N–H and O–H groups in total. The van der Waals surface area contributed by atoms with Gasteiger partial charge in [0.25, 0.3) is 0 Å². The lowest BCUT2D eigenvalue weighted by Crippen LogP contribution is -2.38. The Bertz CT molecular complexity index is 674. The van der Waals surface area contributed by atoms with E-state index in [1.165, 1.54) is 29.6 Å². The number of nitrogens with two attached hydrogens (primary N) is 2. The molecule has 1 amide bonds. The topological polar surface area (TPSA) is 116 Å². The lowest BCUT2D eigenvalue weighted by molar-refractivity contribution is -0.126. The number of nitrogen functional groups attached to an aromatic ring is 1. The van der Waals surface area contributed by atoms with Crippen molar-refractivity contribution >= 4 is 21.6 Å². The Hall–Kier alpha value is -1.80. The predicted molar refractivity (Wildman–Crippen MR) is 78.1 cm³/mol. The first-order chi connectivity index (χ1) is 9.70. The van der Waals surface area contributed by atoms with Crippen LogP contribution in [-0.2, 0) is 14.8 Å². The molecule has 0 bridgehead atoms. The van der Waals surface area contributed by atoms with Crippen molar-refractivity contribution in [3.05, 3.63) is 18.2 Å². The average Bonchev–Trinajstić information content (AvgIpc) is 2.83. The van der Waals surface area contributed by atoms with Crippen LogP contribution >= 0.6 is 0 Å². The SMILES string of the molecule is COc1ccc(S(=O)(=O)N2CCC(C)(C(N)=O)C2)cc1N. The van der Waals surface area contributed by atoms with Gasteiger partial charge in [-0.3, -0.25) is 4.79 Å². The van der Waals surface area contributed by atoms with Crippen LogP contribution in [0.1, 0.15) is 13.3 Å². The van der Waals surface area contributed by atoms with Gasteiger partial charge in [0.1, 0.15) is 5.75 Å². The third-order valence-electron chi connectivity index (χ3n) is 3.87. The minimum absolute atomic E-state index is 0.0783. The summed E-state index contributed by atoms with van der Waals surface area (Å²) in [5.74, 6) is -0.0770. The molecule has 21 heavy (non-hydrogen) atoms. The number of amides is 1. The third-order valence-corrected chi connectivity index (χ3v) is 5.71. The second-order valence-corrected chi connectivity index (χ2v) is 7.36. The number of benzene rings is 1. The van der Waals surface area contributed by atoms with Crippen molar-refractivity contribution < 1.29 is 17.9 Å². The van der Waals surface area contributed by atoms with E-state index in [2.05, 4.69) is 0 Å². The molecule has 1 unspecified atom stereocenters. The zero-order valence-electron chi connectivity index (χ0n) is 12.0. The largest absolute Gasteiger partial charge is 0.495 e. The minimum Gasteiger partial charge on any atom is -0.495 e. The van der Waals surface area contributed by atoms with Gasteiger partial charge in [-0.15, -0.1) is 0 Å². The lowest BCUT2D eigenvalue weighted by Gasteiger charge is -2.21. The Labute approximate surface area is 123 Å². The number of carbonyl (C=O) groups is 1. The molecular formula is C13H19N3O4S. The maximum atomic E-state index is 12.6. The molecule has 1 aromatic carbocycles. The van der Waals surface area contributed by atoms with Gasteiger partial charge in [0, 0.05) is 13.1 Å². The molecule has 1 atom stereocenters. The Morgan fingerprint density at radius 2 is 2.10 bits per heavy atom. The van der Waals surface area contributed by atoms with Crippen molar-refractivity contribution in [2.45, 2.75) is 18.2 Å². The number of anilines is 1. The number of rotatable bonds is 4. The minimum atomic E-state index is -3.70. The molecule has 0 spiro atoms. The summed E-state index contributed by atoms with van der Waals surface area (Å²) in [7, 11) is -2.24. The van der Waals surface area contributed by atoms with E-state index in [0.29, 0.717) is 12.2 Å². The van der Waals surface area contributed by atoms with Gasteiger partial charge in [0.15, 0.2) is 0 Å². The van der Waals surface area contributed by atoms with Crippen molar-refractivity contribution in [1.29, 1.82) is 0 Å². The van der Waals surface area contributed by atoms with E-state index < -0.39 is 21.3 Å². The van der Waals surface area contributed by atoms with Gasteiger partial charge in [-0.05, 0) is 31.5 Å². The van der Waals surface area contributed by atoms with Gasteiger partial charge < -0.3 is 16.2 Å². The van der Waals surface area contributed by atoms with E-state index in [1.54, 1.807) is 6.92 Å². The van der Waals surface area contributed by atoms with E-state index in [-0.39, 0.29) is 23.7 Å². The van der Waals surface area contributed by atoms with Crippen molar-refractivity contribution in [1.82, 2.24) is 4.31 Å². The van der Waals surface area contributed by atoms with E-state index in [0.717, 1.165) is 0 Å².